The van der Waals surface area contributed by atoms with Crippen LogP contribution in [-0.4, -0.2) is 65.3 Å². The lowest BCUT2D eigenvalue weighted by Crippen LogP contribution is -2.38. The van der Waals surface area contributed by atoms with Crippen molar-refractivity contribution in [3.05, 3.63) is 30.1 Å². The quantitative estimate of drug-likeness (QED) is 0.894. The van der Waals surface area contributed by atoms with Gasteiger partial charge in [0, 0.05) is 31.6 Å². The number of rotatable bonds is 4. The standard InChI is InChI=1S/C19H24N4O3/c24-19(25)14-5-7-23(8-6-14)18-15-3-1-2-4-16(15)20-17(21-18)13-22-9-11-26-12-10-22/h1-4,14H,5-13H2,(H,24,25). The van der Waals surface area contributed by atoms with Crippen molar-refractivity contribution in [2.24, 2.45) is 5.92 Å². The second-order valence-corrected chi connectivity index (χ2v) is 6.97. The molecule has 2 aliphatic rings. The van der Waals surface area contributed by atoms with Gasteiger partial charge in [-0.3, -0.25) is 9.69 Å². The topological polar surface area (TPSA) is 78.8 Å². The number of aromatic nitrogens is 2. The van der Waals surface area contributed by atoms with E-state index >= 15 is 0 Å². The molecule has 2 aliphatic heterocycles. The van der Waals surface area contributed by atoms with Crippen LogP contribution < -0.4 is 4.90 Å². The minimum absolute atomic E-state index is 0.243. The van der Waals surface area contributed by atoms with Crippen LogP contribution in [0.1, 0.15) is 18.7 Å². The van der Waals surface area contributed by atoms with Crippen LogP contribution in [0.5, 0.6) is 0 Å². The van der Waals surface area contributed by atoms with Crippen LogP contribution >= 0.6 is 0 Å². The van der Waals surface area contributed by atoms with Gasteiger partial charge in [0.15, 0.2) is 0 Å². The van der Waals surface area contributed by atoms with Gasteiger partial charge >= 0.3 is 5.97 Å². The summed E-state index contributed by atoms with van der Waals surface area (Å²) < 4.78 is 5.42. The molecule has 4 rings (SSSR count). The SMILES string of the molecule is O=C(O)C1CCN(c2nc(CN3CCOCC3)nc3ccccc23)CC1. The zero-order chi connectivity index (χ0) is 17.9. The third-order valence-electron chi connectivity index (χ3n) is 5.24. The van der Waals surface area contributed by atoms with Crippen molar-refractivity contribution in [2.75, 3.05) is 44.3 Å². The predicted octanol–water partition coefficient (Wildman–Crippen LogP) is 1.76. The number of para-hydroxylation sites is 1. The minimum atomic E-state index is -0.690. The van der Waals surface area contributed by atoms with E-state index in [2.05, 4.69) is 9.80 Å². The van der Waals surface area contributed by atoms with E-state index in [0.29, 0.717) is 19.4 Å². The fourth-order valence-electron chi connectivity index (χ4n) is 3.72. The summed E-state index contributed by atoms with van der Waals surface area (Å²) in [7, 11) is 0. The Morgan fingerprint density at radius 2 is 1.85 bits per heavy atom. The molecule has 0 unspecified atom stereocenters. The summed E-state index contributed by atoms with van der Waals surface area (Å²) in [5, 5.41) is 10.3. The Hall–Kier alpha value is -2.25. The van der Waals surface area contributed by atoms with E-state index in [4.69, 9.17) is 14.7 Å². The number of fused-ring (bicyclic) bond motifs is 1. The second-order valence-electron chi connectivity index (χ2n) is 6.97. The van der Waals surface area contributed by atoms with E-state index in [1.54, 1.807) is 0 Å². The highest BCUT2D eigenvalue weighted by Crippen LogP contribution is 2.28. The molecule has 7 nitrogen and oxygen atoms in total. The van der Waals surface area contributed by atoms with Gasteiger partial charge < -0.3 is 14.7 Å². The molecule has 0 bridgehead atoms. The average molecular weight is 356 g/mol. The van der Waals surface area contributed by atoms with Gasteiger partial charge in [0.1, 0.15) is 11.6 Å². The maximum atomic E-state index is 11.2. The highest BCUT2D eigenvalue weighted by atomic mass is 16.5. The fraction of sp³-hybridized carbons (Fsp3) is 0.526. The third kappa shape index (κ3) is 3.64. The summed E-state index contributed by atoms with van der Waals surface area (Å²) in [5.41, 5.74) is 0.945. The summed E-state index contributed by atoms with van der Waals surface area (Å²) in [6, 6.07) is 8.06. The van der Waals surface area contributed by atoms with Crippen LogP contribution in [0.3, 0.4) is 0 Å². The molecule has 2 aromatic rings. The van der Waals surface area contributed by atoms with Gasteiger partial charge in [-0.1, -0.05) is 12.1 Å². The van der Waals surface area contributed by atoms with Crippen molar-refractivity contribution in [1.29, 1.82) is 0 Å². The fourth-order valence-corrected chi connectivity index (χ4v) is 3.72. The Kier molecular flexibility index (Phi) is 4.99. The Morgan fingerprint density at radius 1 is 1.12 bits per heavy atom. The van der Waals surface area contributed by atoms with E-state index in [9.17, 15) is 9.90 Å². The number of carbonyl (C=O) groups is 1. The van der Waals surface area contributed by atoms with Crippen LogP contribution in [0, 0.1) is 5.92 Å². The zero-order valence-corrected chi connectivity index (χ0v) is 14.8. The Morgan fingerprint density at radius 3 is 2.58 bits per heavy atom. The van der Waals surface area contributed by atoms with Crippen molar-refractivity contribution >= 4 is 22.7 Å². The first-order valence-corrected chi connectivity index (χ1v) is 9.24. The Balaban J connectivity index is 1.61. The van der Waals surface area contributed by atoms with Gasteiger partial charge in [-0.25, -0.2) is 9.97 Å². The van der Waals surface area contributed by atoms with Crippen LogP contribution in [0.25, 0.3) is 10.9 Å². The normalized spacial score (nSPS) is 19.8. The zero-order valence-electron chi connectivity index (χ0n) is 14.8. The molecule has 0 amide bonds. The first-order valence-electron chi connectivity index (χ1n) is 9.24. The number of carboxylic acid groups (broad SMARTS) is 1. The number of hydrogen-bond acceptors (Lipinski definition) is 6. The van der Waals surface area contributed by atoms with Crippen LogP contribution in [0.4, 0.5) is 5.82 Å². The number of nitrogens with zero attached hydrogens (tertiary/aromatic N) is 4. The number of hydrogen-bond donors (Lipinski definition) is 1. The van der Waals surface area contributed by atoms with Crippen LogP contribution in [0.15, 0.2) is 24.3 Å². The van der Waals surface area contributed by atoms with Gasteiger partial charge in [0.25, 0.3) is 0 Å². The van der Waals surface area contributed by atoms with E-state index in [1.165, 1.54) is 0 Å². The molecule has 0 spiro atoms. The summed E-state index contributed by atoms with van der Waals surface area (Å²) in [6.07, 6.45) is 1.32. The van der Waals surface area contributed by atoms with E-state index in [0.717, 1.165) is 61.9 Å². The Bertz CT molecular complexity index is 783. The highest BCUT2D eigenvalue weighted by molar-refractivity contribution is 5.89. The number of anilines is 1. The molecule has 2 saturated heterocycles. The largest absolute Gasteiger partial charge is 0.481 e. The van der Waals surface area contributed by atoms with Crippen LogP contribution in [-0.2, 0) is 16.1 Å². The molecular weight excluding hydrogens is 332 g/mol. The predicted molar refractivity (Wildman–Crippen MR) is 98.2 cm³/mol. The molecule has 1 N–H and O–H groups in total. The maximum absolute atomic E-state index is 11.2. The number of ether oxygens (including phenoxy) is 1. The summed E-state index contributed by atoms with van der Waals surface area (Å²) in [4.78, 5) is 25.4. The van der Waals surface area contributed by atoms with Gasteiger partial charge in [-0.2, -0.15) is 0 Å². The lowest BCUT2D eigenvalue weighted by Gasteiger charge is -2.32. The first kappa shape index (κ1) is 17.2. The monoisotopic (exact) mass is 356 g/mol. The highest BCUT2D eigenvalue weighted by Gasteiger charge is 2.26. The van der Waals surface area contributed by atoms with Gasteiger partial charge in [0.2, 0.25) is 0 Å². The summed E-state index contributed by atoms with van der Waals surface area (Å²) in [5.74, 6) is 0.820. The summed E-state index contributed by atoms with van der Waals surface area (Å²) in [6.45, 7) is 5.45. The van der Waals surface area contributed by atoms with Gasteiger partial charge in [-0.05, 0) is 25.0 Å². The molecule has 1 aromatic heterocycles. The van der Waals surface area contributed by atoms with Crippen LogP contribution in [0.2, 0.25) is 0 Å². The molecule has 7 heteroatoms. The Labute approximate surface area is 152 Å². The summed E-state index contributed by atoms with van der Waals surface area (Å²) >= 11 is 0. The lowest BCUT2D eigenvalue weighted by molar-refractivity contribution is -0.142. The number of piperidine rings is 1. The molecule has 138 valence electrons. The molecule has 0 saturated carbocycles. The lowest BCUT2D eigenvalue weighted by atomic mass is 9.97. The molecule has 2 fully saturated rings. The molecule has 0 atom stereocenters. The van der Waals surface area contributed by atoms with E-state index < -0.39 is 5.97 Å². The van der Waals surface area contributed by atoms with Gasteiger partial charge in [-0.15, -0.1) is 0 Å². The smallest absolute Gasteiger partial charge is 0.306 e. The average Bonchev–Trinajstić information content (AvgIpc) is 2.68. The van der Waals surface area contributed by atoms with E-state index in [1.807, 2.05) is 24.3 Å². The molecule has 1 aromatic carbocycles. The van der Waals surface area contributed by atoms with Crippen molar-refractivity contribution < 1.29 is 14.6 Å². The molecule has 26 heavy (non-hydrogen) atoms. The van der Waals surface area contributed by atoms with E-state index in [-0.39, 0.29) is 5.92 Å². The van der Waals surface area contributed by atoms with Crippen molar-refractivity contribution in [3.8, 4) is 0 Å². The molecule has 0 aliphatic carbocycles. The molecule has 0 radical (unpaired) electrons. The van der Waals surface area contributed by atoms with Gasteiger partial charge in [0.05, 0.1) is 31.2 Å². The van der Waals surface area contributed by atoms with Crippen molar-refractivity contribution in [3.63, 3.8) is 0 Å². The van der Waals surface area contributed by atoms with Crippen molar-refractivity contribution in [1.82, 2.24) is 14.9 Å². The second kappa shape index (κ2) is 7.55. The molecular formula is C19H24N4O3. The first-order chi connectivity index (χ1) is 12.7. The minimum Gasteiger partial charge on any atom is -0.481 e. The third-order valence-corrected chi connectivity index (χ3v) is 5.24. The molecule has 3 heterocycles. The number of aliphatic carboxylic acids is 1. The van der Waals surface area contributed by atoms with Crippen molar-refractivity contribution in [2.45, 2.75) is 19.4 Å². The number of carboxylic acids is 1. The number of benzene rings is 1. The maximum Gasteiger partial charge on any atom is 0.306 e. The number of morpholine rings is 1.